The Balaban J connectivity index is 1.87. The van der Waals surface area contributed by atoms with Gasteiger partial charge in [-0.05, 0) is 6.42 Å². The van der Waals surface area contributed by atoms with Gasteiger partial charge in [0.1, 0.15) is 0 Å². The number of amides is 2. The first-order chi connectivity index (χ1) is 7.38. The molecule has 86 valence electrons. The summed E-state index contributed by atoms with van der Waals surface area (Å²) in [4.78, 5) is 15.8. The first kappa shape index (κ1) is 10.7. The van der Waals surface area contributed by atoms with Gasteiger partial charge < -0.3 is 19.3 Å². The van der Waals surface area contributed by atoms with Crippen LogP contribution in [-0.2, 0) is 9.47 Å². The number of carbonyl (C=O) groups excluding carboxylic acids is 1. The van der Waals surface area contributed by atoms with Crippen molar-refractivity contribution in [3.8, 4) is 0 Å². The standard InChI is InChI=1S/C10H18N2O3/c13-10(12-4-8-15-9-5-12)11-2-1-6-14-7-3-11/h1-9H2. The predicted octanol–water partition coefficient (Wildman–Crippen LogP) is 0.161. The van der Waals surface area contributed by atoms with Gasteiger partial charge in [-0.15, -0.1) is 0 Å². The van der Waals surface area contributed by atoms with E-state index >= 15 is 0 Å². The van der Waals surface area contributed by atoms with Crippen LogP contribution in [0.25, 0.3) is 0 Å². The van der Waals surface area contributed by atoms with Crippen LogP contribution in [0.5, 0.6) is 0 Å². The maximum Gasteiger partial charge on any atom is 0.320 e. The Morgan fingerprint density at radius 1 is 0.800 bits per heavy atom. The molecule has 2 amide bonds. The van der Waals surface area contributed by atoms with E-state index in [4.69, 9.17) is 9.47 Å². The lowest BCUT2D eigenvalue weighted by Crippen LogP contribution is -2.48. The molecule has 5 nitrogen and oxygen atoms in total. The summed E-state index contributed by atoms with van der Waals surface area (Å²) in [5.41, 5.74) is 0. The van der Waals surface area contributed by atoms with Crippen LogP contribution in [0.15, 0.2) is 0 Å². The lowest BCUT2D eigenvalue weighted by molar-refractivity contribution is 0.0429. The number of hydrogen-bond donors (Lipinski definition) is 0. The van der Waals surface area contributed by atoms with Gasteiger partial charge >= 0.3 is 6.03 Å². The van der Waals surface area contributed by atoms with Gasteiger partial charge in [-0.3, -0.25) is 0 Å². The highest BCUT2D eigenvalue weighted by Crippen LogP contribution is 2.06. The van der Waals surface area contributed by atoms with Crippen LogP contribution in [-0.4, -0.2) is 68.4 Å². The summed E-state index contributed by atoms with van der Waals surface area (Å²) in [5, 5.41) is 0. The second-order valence-corrected chi connectivity index (χ2v) is 3.83. The van der Waals surface area contributed by atoms with Gasteiger partial charge in [-0.1, -0.05) is 0 Å². The number of hydrogen-bond acceptors (Lipinski definition) is 3. The minimum absolute atomic E-state index is 0.142. The zero-order valence-electron chi connectivity index (χ0n) is 8.98. The van der Waals surface area contributed by atoms with E-state index in [1.807, 2.05) is 9.80 Å². The largest absolute Gasteiger partial charge is 0.380 e. The molecule has 0 aromatic rings. The van der Waals surface area contributed by atoms with Crippen molar-refractivity contribution in [2.45, 2.75) is 6.42 Å². The molecule has 0 aromatic carbocycles. The average molecular weight is 214 g/mol. The van der Waals surface area contributed by atoms with E-state index in [9.17, 15) is 4.79 Å². The summed E-state index contributed by atoms with van der Waals surface area (Å²) in [6.45, 7) is 5.73. The molecule has 2 heterocycles. The van der Waals surface area contributed by atoms with Crippen LogP contribution in [0.1, 0.15) is 6.42 Å². The Bertz CT molecular complexity index is 209. The molecule has 2 aliphatic rings. The Kier molecular flexibility index (Phi) is 3.80. The van der Waals surface area contributed by atoms with E-state index in [2.05, 4.69) is 0 Å². The molecule has 2 fully saturated rings. The molecule has 0 aliphatic carbocycles. The van der Waals surface area contributed by atoms with E-state index in [1.54, 1.807) is 0 Å². The SMILES string of the molecule is O=C(N1CCCOCC1)N1CCOCC1. The van der Waals surface area contributed by atoms with E-state index in [-0.39, 0.29) is 6.03 Å². The topological polar surface area (TPSA) is 42.0 Å². The first-order valence-electron chi connectivity index (χ1n) is 5.57. The molecular weight excluding hydrogens is 196 g/mol. The zero-order valence-corrected chi connectivity index (χ0v) is 8.98. The van der Waals surface area contributed by atoms with Gasteiger partial charge in [-0.2, -0.15) is 0 Å². The van der Waals surface area contributed by atoms with Crippen LogP contribution in [0.3, 0.4) is 0 Å². The molecule has 0 saturated carbocycles. The maximum absolute atomic E-state index is 12.0. The smallest absolute Gasteiger partial charge is 0.320 e. The highest BCUT2D eigenvalue weighted by atomic mass is 16.5. The highest BCUT2D eigenvalue weighted by molar-refractivity contribution is 5.74. The van der Waals surface area contributed by atoms with Crippen molar-refractivity contribution in [2.75, 3.05) is 52.6 Å². The third-order valence-electron chi connectivity index (χ3n) is 2.77. The van der Waals surface area contributed by atoms with Gasteiger partial charge in [0.05, 0.1) is 19.8 Å². The normalized spacial score (nSPS) is 23.7. The van der Waals surface area contributed by atoms with Crippen LogP contribution >= 0.6 is 0 Å². The number of nitrogens with zero attached hydrogens (tertiary/aromatic N) is 2. The zero-order chi connectivity index (χ0) is 10.5. The summed E-state index contributed by atoms with van der Waals surface area (Å²) in [6.07, 6.45) is 0.941. The van der Waals surface area contributed by atoms with Crippen molar-refractivity contribution < 1.29 is 14.3 Å². The minimum Gasteiger partial charge on any atom is -0.380 e. The van der Waals surface area contributed by atoms with Crippen molar-refractivity contribution in [1.29, 1.82) is 0 Å². The molecule has 2 rings (SSSR count). The summed E-state index contributed by atoms with van der Waals surface area (Å²) in [6, 6.07) is 0.142. The van der Waals surface area contributed by atoms with E-state index in [0.717, 1.165) is 39.2 Å². The van der Waals surface area contributed by atoms with E-state index < -0.39 is 0 Å². The Labute approximate surface area is 89.9 Å². The number of rotatable bonds is 0. The molecule has 5 heteroatoms. The Morgan fingerprint density at radius 2 is 1.33 bits per heavy atom. The fourth-order valence-electron chi connectivity index (χ4n) is 1.89. The van der Waals surface area contributed by atoms with Gasteiger partial charge in [0.15, 0.2) is 0 Å². The third kappa shape index (κ3) is 2.82. The van der Waals surface area contributed by atoms with Crippen LogP contribution in [0, 0.1) is 0 Å². The van der Waals surface area contributed by atoms with Crippen molar-refractivity contribution in [3.63, 3.8) is 0 Å². The van der Waals surface area contributed by atoms with E-state index in [0.29, 0.717) is 19.8 Å². The Morgan fingerprint density at radius 3 is 2.00 bits per heavy atom. The third-order valence-corrected chi connectivity index (χ3v) is 2.77. The molecule has 15 heavy (non-hydrogen) atoms. The fraction of sp³-hybridized carbons (Fsp3) is 0.900. The minimum atomic E-state index is 0.142. The van der Waals surface area contributed by atoms with Gasteiger partial charge in [-0.25, -0.2) is 4.79 Å². The van der Waals surface area contributed by atoms with Crippen molar-refractivity contribution in [1.82, 2.24) is 9.80 Å². The molecule has 2 aliphatic heterocycles. The summed E-state index contributed by atoms with van der Waals surface area (Å²) in [5.74, 6) is 0. The molecule has 0 N–H and O–H groups in total. The first-order valence-corrected chi connectivity index (χ1v) is 5.57. The molecule has 0 bridgehead atoms. The van der Waals surface area contributed by atoms with Gasteiger partial charge in [0, 0.05) is 32.8 Å². The molecule has 0 unspecified atom stereocenters. The van der Waals surface area contributed by atoms with Crippen LogP contribution < -0.4 is 0 Å². The molecular formula is C10H18N2O3. The van der Waals surface area contributed by atoms with Crippen molar-refractivity contribution in [3.05, 3.63) is 0 Å². The number of urea groups is 1. The summed E-state index contributed by atoms with van der Waals surface area (Å²) >= 11 is 0. The molecule has 0 spiro atoms. The molecule has 2 saturated heterocycles. The number of morpholine rings is 1. The number of ether oxygens (including phenoxy) is 2. The van der Waals surface area contributed by atoms with Crippen LogP contribution in [0.4, 0.5) is 4.79 Å². The van der Waals surface area contributed by atoms with Crippen molar-refractivity contribution in [2.24, 2.45) is 0 Å². The van der Waals surface area contributed by atoms with Crippen LogP contribution in [0.2, 0.25) is 0 Å². The monoisotopic (exact) mass is 214 g/mol. The highest BCUT2D eigenvalue weighted by Gasteiger charge is 2.23. The predicted molar refractivity (Wildman–Crippen MR) is 54.8 cm³/mol. The lowest BCUT2D eigenvalue weighted by atomic mass is 10.4. The summed E-state index contributed by atoms with van der Waals surface area (Å²) < 4.78 is 10.5. The molecule has 0 atom stereocenters. The second kappa shape index (κ2) is 5.32. The Hall–Kier alpha value is -0.810. The van der Waals surface area contributed by atoms with Crippen molar-refractivity contribution >= 4 is 6.03 Å². The van der Waals surface area contributed by atoms with E-state index in [1.165, 1.54) is 0 Å². The van der Waals surface area contributed by atoms with Gasteiger partial charge in [0.2, 0.25) is 0 Å². The quantitative estimate of drug-likeness (QED) is 0.577. The average Bonchev–Trinajstić information content (AvgIpc) is 2.58. The fourth-order valence-corrected chi connectivity index (χ4v) is 1.89. The molecule has 0 radical (unpaired) electrons. The summed E-state index contributed by atoms with van der Waals surface area (Å²) in [7, 11) is 0. The molecule has 0 aromatic heterocycles. The maximum atomic E-state index is 12.0. The second-order valence-electron chi connectivity index (χ2n) is 3.83. The lowest BCUT2D eigenvalue weighted by Gasteiger charge is -2.32. The number of carbonyl (C=O) groups is 1. The van der Waals surface area contributed by atoms with Gasteiger partial charge in [0.25, 0.3) is 0 Å².